The van der Waals surface area contributed by atoms with E-state index >= 15 is 0 Å². The van der Waals surface area contributed by atoms with Crippen molar-refractivity contribution in [2.75, 3.05) is 7.11 Å². The molecule has 0 fully saturated rings. The number of amides is 1. The largest absolute Gasteiger partial charge is 0.496 e. The quantitative estimate of drug-likeness (QED) is 0.725. The van der Waals surface area contributed by atoms with Gasteiger partial charge in [0.15, 0.2) is 0 Å². The molecule has 2 aromatic heterocycles. The van der Waals surface area contributed by atoms with E-state index in [0.29, 0.717) is 4.88 Å². The number of rotatable bonds is 5. The van der Waals surface area contributed by atoms with Gasteiger partial charge in [-0.05, 0) is 32.4 Å². The molecule has 26 heavy (non-hydrogen) atoms. The van der Waals surface area contributed by atoms with Crippen molar-refractivity contribution >= 4 is 27.5 Å². The maximum Gasteiger partial charge on any atom is 0.262 e. The molecule has 1 atom stereocenters. The highest BCUT2D eigenvalue weighted by molar-refractivity contribution is 7.20. The molecule has 0 radical (unpaired) electrons. The van der Waals surface area contributed by atoms with Crippen LogP contribution in [0.15, 0.2) is 24.3 Å². The summed E-state index contributed by atoms with van der Waals surface area (Å²) in [5.41, 5.74) is 2.82. The van der Waals surface area contributed by atoms with Crippen molar-refractivity contribution in [3.05, 3.63) is 51.8 Å². The Hall–Kier alpha value is -2.47. The zero-order valence-corrected chi connectivity index (χ0v) is 16.5. The molecule has 5 nitrogen and oxygen atoms in total. The highest BCUT2D eigenvalue weighted by Gasteiger charge is 2.21. The van der Waals surface area contributed by atoms with Crippen molar-refractivity contribution in [2.24, 2.45) is 0 Å². The summed E-state index contributed by atoms with van der Waals surface area (Å²) in [6.45, 7) is 7.92. The van der Waals surface area contributed by atoms with Crippen LogP contribution in [0, 0.1) is 13.8 Å². The van der Waals surface area contributed by atoms with E-state index in [4.69, 9.17) is 4.74 Å². The van der Waals surface area contributed by atoms with Gasteiger partial charge in [0.25, 0.3) is 5.91 Å². The number of hydrogen-bond acceptors (Lipinski definition) is 5. The Morgan fingerprint density at radius 3 is 2.69 bits per heavy atom. The number of para-hydroxylation sites is 1. The van der Waals surface area contributed by atoms with Crippen LogP contribution in [0.4, 0.5) is 0 Å². The van der Waals surface area contributed by atoms with E-state index in [1.165, 1.54) is 11.3 Å². The Kier molecular flexibility index (Phi) is 5.23. The van der Waals surface area contributed by atoms with Crippen LogP contribution < -0.4 is 10.1 Å². The highest BCUT2D eigenvalue weighted by atomic mass is 32.1. The van der Waals surface area contributed by atoms with Crippen LogP contribution in [0.2, 0.25) is 0 Å². The second-order valence-electron chi connectivity index (χ2n) is 6.25. The molecular formula is C20H23N3O2S. The predicted octanol–water partition coefficient (Wildman–Crippen LogP) is 4.37. The number of aromatic nitrogens is 2. The first kappa shape index (κ1) is 18.3. The minimum Gasteiger partial charge on any atom is -0.496 e. The summed E-state index contributed by atoms with van der Waals surface area (Å²) in [6, 6.07) is 7.55. The average molecular weight is 369 g/mol. The second kappa shape index (κ2) is 7.41. The van der Waals surface area contributed by atoms with E-state index in [9.17, 15) is 4.79 Å². The molecule has 0 spiro atoms. The summed E-state index contributed by atoms with van der Waals surface area (Å²) in [5.74, 6) is 1.48. The molecule has 0 aliphatic rings. The first-order valence-electron chi connectivity index (χ1n) is 8.66. The van der Waals surface area contributed by atoms with Crippen LogP contribution in [0.5, 0.6) is 5.75 Å². The van der Waals surface area contributed by atoms with Gasteiger partial charge in [-0.1, -0.05) is 25.1 Å². The number of methoxy groups -OCH3 is 1. The highest BCUT2D eigenvalue weighted by Crippen LogP contribution is 2.32. The standard InChI is InChI=1S/C20H23N3O2S/c1-6-16-21-13(4)17-11(2)18(26-20(17)23-16)19(24)22-12(3)14-9-7-8-10-15(14)25-5/h7-10,12H,6H2,1-5H3,(H,22,24). The third-order valence-electron chi connectivity index (χ3n) is 4.49. The van der Waals surface area contributed by atoms with Crippen molar-refractivity contribution in [1.82, 2.24) is 15.3 Å². The van der Waals surface area contributed by atoms with Crippen LogP contribution in [0.25, 0.3) is 10.2 Å². The average Bonchev–Trinajstić information content (AvgIpc) is 2.98. The smallest absolute Gasteiger partial charge is 0.262 e. The maximum absolute atomic E-state index is 12.9. The Morgan fingerprint density at radius 1 is 1.27 bits per heavy atom. The third kappa shape index (κ3) is 3.29. The summed E-state index contributed by atoms with van der Waals surface area (Å²) in [5, 5.41) is 4.07. The van der Waals surface area contributed by atoms with Gasteiger partial charge in [-0.25, -0.2) is 9.97 Å². The van der Waals surface area contributed by atoms with Crippen LogP contribution in [-0.4, -0.2) is 23.0 Å². The third-order valence-corrected chi connectivity index (χ3v) is 5.68. The normalized spacial score (nSPS) is 12.2. The number of carbonyl (C=O) groups is 1. The molecule has 6 heteroatoms. The van der Waals surface area contributed by atoms with Gasteiger partial charge in [-0.15, -0.1) is 11.3 Å². The topological polar surface area (TPSA) is 64.1 Å². The fourth-order valence-corrected chi connectivity index (χ4v) is 4.29. The lowest BCUT2D eigenvalue weighted by Crippen LogP contribution is -2.26. The predicted molar refractivity (Wildman–Crippen MR) is 105 cm³/mol. The molecule has 1 aromatic carbocycles. The Bertz CT molecular complexity index is 965. The lowest BCUT2D eigenvalue weighted by molar-refractivity contribution is 0.0943. The number of carbonyl (C=O) groups excluding carboxylic acids is 1. The SMILES string of the molecule is CCc1nc(C)c2c(C)c(C(=O)NC(C)c3ccccc3OC)sc2n1. The fraction of sp³-hybridized carbons (Fsp3) is 0.350. The van der Waals surface area contributed by atoms with E-state index in [0.717, 1.165) is 45.0 Å². The molecule has 3 aromatic rings. The molecule has 0 aliphatic heterocycles. The van der Waals surface area contributed by atoms with Gasteiger partial charge in [-0.2, -0.15) is 0 Å². The number of benzene rings is 1. The van der Waals surface area contributed by atoms with Gasteiger partial charge in [-0.3, -0.25) is 4.79 Å². The maximum atomic E-state index is 12.9. The van der Waals surface area contributed by atoms with Gasteiger partial charge in [0.1, 0.15) is 16.4 Å². The van der Waals surface area contributed by atoms with Gasteiger partial charge in [0.05, 0.1) is 18.0 Å². The molecule has 0 bridgehead atoms. The summed E-state index contributed by atoms with van der Waals surface area (Å²) < 4.78 is 5.40. The molecule has 1 N–H and O–H groups in total. The van der Waals surface area contributed by atoms with Gasteiger partial charge in [0, 0.05) is 23.1 Å². The zero-order valence-electron chi connectivity index (χ0n) is 15.7. The number of nitrogens with zero attached hydrogens (tertiary/aromatic N) is 2. The number of ether oxygens (including phenoxy) is 1. The minimum atomic E-state index is -0.165. The van der Waals surface area contributed by atoms with E-state index in [2.05, 4.69) is 15.3 Å². The van der Waals surface area contributed by atoms with Gasteiger partial charge < -0.3 is 10.1 Å². The van der Waals surface area contributed by atoms with E-state index in [-0.39, 0.29) is 11.9 Å². The van der Waals surface area contributed by atoms with E-state index in [1.807, 2.05) is 52.0 Å². The van der Waals surface area contributed by atoms with E-state index in [1.54, 1.807) is 7.11 Å². The summed E-state index contributed by atoms with van der Waals surface area (Å²) in [7, 11) is 1.64. The van der Waals surface area contributed by atoms with Crippen molar-refractivity contribution in [3.8, 4) is 5.75 Å². The first-order chi connectivity index (χ1) is 12.5. The van der Waals surface area contributed by atoms with Gasteiger partial charge in [0.2, 0.25) is 0 Å². The molecule has 0 saturated heterocycles. The van der Waals surface area contributed by atoms with Crippen LogP contribution >= 0.6 is 11.3 Å². The Balaban J connectivity index is 1.93. The van der Waals surface area contributed by atoms with Crippen LogP contribution in [0.3, 0.4) is 0 Å². The molecule has 0 saturated carbocycles. The molecule has 136 valence electrons. The van der Waals surface area contributed by atoms with Crippen LogP contribution in [-0.2, 0) is 6.42 Å². The second-order valence-corrected chi connectivity index (χ2v) is 7.25. The Morgan fingerprint density at radius 2 is 2.00 bits per heavy atom. The van der Waals surface area contributed by atoms with Crippen LogP contribution in [0.1, 0.15) is 52.2 Å². The van der Waals surface area contributed by atoms with Crippen molar-refractivity contribution in [1.29, 1.82) is 0 Å². The molecule has 3 rings (SSSR count). The van der Waals surface area contributed by atoms with Crippen molar-refractivity contribution in [3.63, 3.8) is 0 Å². The Labute approximate surface area is 157 Å². The van der Waals surface area contributed by atoms with Crippen molar-refractivity contribution in [2.45, 2.75) is 40.2 Å². The van der Waals surface area contributed by atoms with Gasteiger partial charge >= 0.3 is 0 Å². The first-order valence-corrected chi connectivity index (χ1v) is 9.48. The van der Waals surface area contributed by atoms with E-state index < -0.39 is 0 Å². The molecule has 1 amide bonds. The number of hydrogen-bond donors (Lipinski definition) is 1. The minimum absolute atomic E-state index is 0.0960. The number of fused-ring (bicyclic) bond motifs is 1. The number of thiophene rings is 1. The molecule has 0 aliphatic carbocycles. The number of aryl methyl sites for hydroxylation is 3. The summed E-state index contributed by atoms with van der Waals surface area (Å²) in [4.78, 5) is 23.6. The summed E-state index contributed by atoms with van der Waals surface area (Å²) >= 11 is 1.43. The molecule has 2 heterocycles. The summed E-state index contributed by atoms with van der Waals surface area (Å²) in [6.07, 6.45) is 0.778. The lowest BCUT2D eigenvalue weighted by atomic mass is 10.1. The fourth-order valence-electron chi connectivity index (χ4n) is 3.13. The monoisotopic (exact) mass is 369 g/mol. The lowest BCUT2D eigenvalue weighted by Gasteiger charge is -2.17. The van der Waals surface area contributed by atoms with Crippen molar-refractivity contribution < 1.29 is 9.53 Å². The molecule has 1 unspecified atom stereocenters. The number of nitrogens with one attached hydrogen (secondary N) is 1. The molecular weight excluding hydrogens is 346 g/mol. The zero-order chi connectivity index (χ0) is 18.8.